The monoisotopic (exact) mass is 479 g/mol. The van der Waals surface area contributed by atoms with Crippen LogP contribution in [0.15, 0.2) is 27.7 Å². The van der Waals surface area contributed by atoms with E-state index in [-0.39, 0.29) is 11.5 Å². The van der Waals surface area contributed by atoms with Crippen LogP contribution in [0, 0.1) is 5.41 Å². The summed E-state index contributed by atoms with van der Waals surface area (Å²) in [6.45, 7) is 5.50. The van der Waals surface area contributed by atoms with E-state index in [1.807, 2.05) is 20.8 Å². The summed E-state index contributed by atoms with van der Waals surface area (Å²) in [4.78, 5) is 23.9. The second-order valence-electron chi connectivity index (χ2n) is 9.49. The second kappa shape index (κ2) is 7.50. The van der Waals surface area contributed by atoms with Crippen molar-refractivity contribution < 1.29 is 19.1 Å². The van der Waals surface area contributed by atoms with Gasteiger partial charge in [-0.3, -0.25) is 5.32 Å². The van der Waals surface area contributed by atoms with Gasteiger partial charge in [0.2, 0.25) is 11.7 Å². The summed E-state index contributed by atoms with van der Waals surface area (Å²) < 4.78 is 12.0. The van der Waals surface area contributed by atoms with Crippen LogP contribution in [-0.2, 0) is 26.5 Å². The average Bonchev–Trinajstić information content (AvgIpc) is 3.10. The van der Waals surface area contributed by atoms with Crippen LogP contribution in [0.3, 0.4) is 0 Å². The third kappa shape index (κ3) is 3.63. The molecule has 1 amide bonds. The molecule has 0 radical (unpaired) electrons. The quantitative estimate of drug-likeness (QED) is 0.642. The molecule has 1 aliphatic heterocycles. The minimum atomic E-state index is -0.871. The molecule has 3 aliphatic rings. The molecule has 2 aliphatic carbocycles. The molecule has 8 heteroatoms. The first-order chi connectivity index (χ1) is 14.1. The Morgan fingerprint density at radius 3 is 2.67 bits per heavy atom. The number of ether oxygens (including phenoxy) is 2. The standard InChI is InChI=1S/C22H30BrN3O4/c1-20(2,3)29-19(27)24-18-25-22(30-26(18)4)17-12-15(23)7-6-14(17)13-21(22)10-8-16(28-5)9-11-21/h6-7,12,16H,8-11,13H2,1-5H3,(H,24,25,27). The lowest BCUT2D eigenvalue weighted by atomic mass is 9.66. The number of carbonyl (C=O) groups is 1. The number of alkyl carbamates (subject to hydrolysis) is 1. The zero-order valence-electron chi connectivity index (χ0n) is 18.3. The Balaban J connectivity index is 1.72. The number of nitrogens with zero attached hydrogens (tertiary/aromatic N) is 2. The zero-order chi connectivity index (χ0) is 21.7. The van der Waals surface area contributed by atoms with E-state index in [1.54, 1.807) is 19.2 Å². The number of hydrogen-bond acceptors (Lipinski definition) is 6. The third-order valence-electron chi connectivity index (χ3n) is 6.35. The summed E-state index contributed by atoms with van der Waals surface area (Å²) in [5.74, 6) is 0.366. The van der Waals surface area contributed by atoms with Crippen LogP contribution in [0.5, 0.6) is 0 Å². The minimum absolute atomic E-state index is 0.184. The van der Waals surface area contributed by atoms with Crippen LogP contribution in [0.4, 0.5) is 4.79 Å². The second-order valence-corrected chi connectivity index (χ2v) is 10.4. The first-order valence-electron chi connectivity index (χ1n) is 10.4. The zero-order valence-corrected chi connectivity index (χ0v) is 19.8. The maximum atomic E-state index is 12.4. The highest BCUT2D eigenvalue weighted by Crippen LogP contribution is 2.62. The van der Waals surface area contributed by atoms with Gasteiger partial charge >= 0.3 is 6.09 Å². The minimum Gasteiger partial charge on any atom is -0.444 e. The van der Waals surface area contributed by atoms with Crippen molar-refractivity contribution in [2.24, 2.45) is 10.4 Å². The average molecular weight is 480 g/mol. The van der Waals surface area contributed by atoms with Gasteiger partial charge in [-0.25, -0.2) is 19.7 Å². The molecule has 1 N–H and O–H groups in total. The number of amides is 1. The van der Waals surface area contributed by atoms with Gasteiger partial charge in [0.25, 0.3) is 0 Å². The number of benzene rings is 1. The summed E-state index contributed by atoms with van der Waals surface area (Å²) >= 11 is 3.60. The molecule has 1 atom stereocenters. The number of hydroxylamine groups is 2. The molecule has 1 aromatic carbocycles. The fourth-order valence-electron chi connectivity index (χ4n) is 4.99. The molecule has 1 heterocycles. The predicted molar refractivity (Wildman–Crippen MR) is 117 cm³/mol. The molecule has 0 aromatic heterocycles. The van der Waals surface area contributed by atoms with Gasteiger partial charge in [-0.2, -0.15) is 0 Å². The van der Waals surface area contributed by atoms with Crippen molar-refractivity contribution in [1.29, 1.82) is 0 Å². The van der Waals surface area contributed by atoms with Crippen molar-refractivity contribution in [3.63, 3.8) is 0 Å². The Hall–Kier alpha value is -1.64. The highest BCUT2D eigenvalue weighted by Gasteiger charge is 2.63. The summed E-state index contributed by atoms with van der Waals surface area (Å²) in [5.41, 5.74) is 0.649. The van der Waals surface area contributed by atoms with Crippen molar-refractivity contribution in [2.75, 3.05) is 14.2 Å². The molecule has 30 heavy (non-hydrogen) atoms. The van der Waals surface area contributed by atoms with Crippen LogP contribution in [0.25, 0.3) is 0 Å². The van der Waals surface area contributed by atoms with E-state index < -0.39 is 17.4 Å². The lowest BCUT2D eigenvalue weighted by molar-refractivity contribution is -0.232. The molecule has 0 bridgehead atoms. The van der Waals surface area contributed by atoms with Gasteiger partial charge < -0.3 is 9.47 Å². The Bertz CT molecular complexity index is 874. The van der Waals surface area contributed by atoms with Gasteiger partial charge in [0.05, 0.1) is 6.10 Å². The lowest BCUT2D eigenvalue weighted by Gasteiger charge is -2.45. The SMILES string of the molecule is COC1CCC2(CC1)Cc1ccc(Br)cc1C21N=C(NC(=O)OC(C)(C)C)N(C)O1. The molecule has 164 valence electrons. The van der Waals surface area contributed by atoms with Crippen molar-refractivity contribution >= 4 is 28.0 Å². The van der Waals surface area contributed by atoms with Gasteiger partial charge in [-0.15, -0.1) is 0 Å². The Morgan fingerprint density at radius 2 is 2.03 bits per heavy atom. The summed E-state index contributed by atoms with van der Waals surface area (Å²) in [7, 11) is 3.55. The van der Waals surface area contributed by atoms with Gasteiger partial charge in [0.1, 0.15) is 5.60 Å². The van der Waals surface area contributed by atoms with Crippen LogP contribution < -0.4 is 5.32 Å². The fraction of sp³-hybridized carbons (Fsp3) is 0.636. The maximum absolute atomic E-state index is 12.4. The largest absolute Gasteiger partial charge is 0.444 e. The van der Waals surface area contributed by atoms with Crippen molar-refractivity contribution in [1.82, 2.24) is 10.4 Å². The number of guanidine groups is 1. The normalized spacial score (nSPS) is 30.5. The summed E-state index contributed by atoms with van der Waals surface area (Å²) in [6.07, 6.45) is 4.42. The van der Waals surface area contributed by atoms with Crippen LogP contribution >= 0.6 is 15.9 Å². The molecule has 4 rings (SSSR count). The fourth-order valence-corrected chi connectivity index (χ4v) is 5.35. The van der Waals surface area contributed by atoms with Crippen LogP contribution in [-0.4, -0.2) is 43.0 Å². The van der Waals surface area contributed by atoms with E-state index in [1.165, 1.54) is 5.56 Å². The van der Waals surface area contributed by atoms with E-state index in [0.717, 1.165) is 42.1 Å². The number of carbonyl (C=O) groups excluding carboxylic acids is 1. The number of nitrogens with one attached hydrogen (secondary N) is 1. The number of rotatable bonds is 1. The number of halogens is 1. The highest BCUT2D eigenvalue weighted by atomic mass is 79.9. The van der Waals surface area contributed by atoms with Crippen LogP contribution in [0.1, 0.15) is 57.6 Å². The molecule has 1 fully saturated rings. The number of aliphatic imine (C=N–C) groups is 1. The van der Waals surface area contributed by atoms with Gasteiger partial charge in [-0.1, -0.05) is 22.0 Å². The Morgan fingerprint density at radius 1 is 1.33 bits per heavy atom. The topological polar surface area (TPSA) is 72.4 Å². The lowest BCUT2D eigenvalue weighted by Crippen LogP contribution is -2.46. The van der Waals surface area contributed by atoms with Crippen LogP contribution in [0.2, 0.25) is 0 Å². The van der Waals surface area contributed by atoms with E-state index in [4.69, 9.17) is 19.3 Å². The first kappa shape index (κ1) is 21.6. The Kier molecular flexibility index (Phi) is 5.39. The molecular weight excluding hydrogens is 450 g/mol. The number of methoxy groups -OCH3 is 1. The smallest absolute Gasteiger partial charge is 0.414 e. The van der Waals surface area contributed by atoms with Crippen molar-refractivity contribution in [3.05, 3.63) is 33.8 Å². The van der Waals surface area contributed by atoms with Gasteiger partial charge in [0.15, 0.2) is 0 Å². The van der Waals surface area contributed by atoms with E-state index >= 15 is 0 Å². The Labute approximate surface area is 186 Å². The van der Waals surface area contributed by atoms with Crippen molar-refractivity contribution in [3.8, 4) is 0 Å². The first-order valence-corrected chi connectivity index (χ1v) is 11.2. The summed E-state index contributed by atoms with van der Waals surface area (Å²) in [6, 6.07) is 6.31. The number of hydrogen-bond donors (Lipinski definition) is 1. The highest BCUT2D eigenvalue weighted by molar-refractivity contribution is 9.10. The molecule has 7 nitrogen and oxygen atoms in total. The molecular formula is C22H30BrN3O4. The predicted octanol–water partition coefficient (Wildman–Crippen LogP) is 4.49. The molecule has 2 spiro atoms. The molecule has 1 saturated carbocycles. The molecule has 0 saturated heterocycles. The number of fused-ring (bicyclic) bond motifs is 3. The molecule has 1 aromatic rings. The van der Waals surface area contributed by atoms with Gasteiger partial charge in [-0.05, 0) is 70.6 Å². The van der Waals surface area contributed by atoms with E-state index in [2.05, 4.69) is 39.4 Å². The molecule has 1 unspecified atom stereocenters. The maximum Gasteiger partial charge on any atom is 0.414 e. The van der Waals surface area contributed by atoms with E-state index in [0.29, 0.717) is 5.96 Å². The van der Waals surface area contributed by atoms with Gasteiger partial charge in [0, 0.05) is 29.6 Å². The van der Waals surface area contributed by atoms with Crippen molar-refractivity contribution in [2.45, 2.75) is 70.3 Å². The third-order valence-corrected chi connectivity index (χ3v) is 6.84. The summed E-state index contributed by atoms with van der Waals surface area (Å²) in [5, 5.41) is 4.34. The van der Waals surface area contributed by atoms with E-state index in [9.17, 15) is 4.79 Å².